The van der Waals surface area contributed by atoms with Crippen molar-refractivity contribution in [1.82, 2.24) is 9.29 Å². The van der Waals surface area contributed by atoms with Crippen molar-refractivity contribution >= 4 is 31.8 Å². The molecule has 0 aliphatic carbocycles. The van der Waals surface area contributed by atoms with Gasteiger partial charge in [0.05, 0.1) is 6.61 Å². The number of halogens is 1. The number of nitrogens with two attached hydrogens (primary N) is 1. The second-order valence-corrected chi connectivity index (χ2v) is 6.60. The molecular weight excluding hydrogens is 336 g/mol. The fourth-order valence-electron chi connectivity index (χ4n) is 1.35. The van der Waals surface area contributed by atoms with Crippen LogP contribution in [-0.2, 0) is 14.8 Å². The van der Waals surface area contributed by atoms with Gasteiger partial charge < -0.3 is 10.2 Å². The van der Waals surface area contributed by atoms with Crippen LogP contribution in [0.3, 0.4) is 0 Å². The molecule has 1 rings (SSSR count). The van der Waals surface area contributed by atoms with Crippen LogP contribution in [0.4, 0.5) is 5.82 Å². The lowest BCUT2D eigenvalue weighted by atomic mass is 10.5. The van der Waals surface area contributed by atoms with Gasteiger partial charge in [-0.05, 0) is 28.9 Å². The molecule has 0 fully saturated rings. The van der Waals surface area contributed by atoms with Crippen LogP contribution in [0, 0.1) is 0 Å². The van der Waals surface area contributed by atoms with Gasteiger partial charge in [-0.3, -0.25) is 0 Å². The zero-order chi connectivity index (χ0) is 14.5. The molecule has 0 saturated heterocycles. The van der Waals surface area contributed by atoms with Gasteiger partial charge in [0.15, 0.2) is 5.82 Å². The second kappa shape index (κ2) is 7.15. The smallest absolute Gasteiger partial charge is 0.246 e. The van der Waals surface area contributed by atoms with E-state index in [4.69, 9.17) is 10.6 Å². The van der Waals surface area contributed by atoms with Crippen LogP contribution in [0.15, 0.2) is 21.6 Å². The highest BCUT2D eigenvalue weighted by atomic mass is 79.9. The maximum atomic E-state index is 12.4. The molecule has 3 N–H and O–H groups in total. The van der Waals surface area contributed by atoms with Crippen molar-refractivity contribution in [2.24, 2.45) is 5.84 Å². The van der Waals surface area contributed by atoms with E-state index in [1.54, 1.807) is 0 Å². The van der Waals surface area contributed by atoms with Crippen LogP contribution >= 0.6 is 15.9 Å². The number of aromatic nitrogens is 1. The van der Waals surface area contributed by atoms with E-state index in [0.29, 0.717) is 17.7 Å². The monoisotopic (exact) mass is 352 g/mol. The molecule has 7 nitrogen and oxygen atoms in total. The minimum atomic E-state index is -3.67. The molecule has 0 aliphatic heterocycles. The van der Waals surface area contributed by atoms with Gasteiger partial charge in [0, 0.05) is 30.9 Å². The molecule has 9 heteroatoms. The van der Waals surface area contributed by atoms with E-state index in [9.17, 15) is 8.42 Å². The number of hydrazine groups is 1. The third-order valence-electron chi connectivity index (χ3n) is 2.40. The molecule has 108 valence electrons. The van der Waals surface area contributed by atoms with Crippen molar-refractivity contribution in [3.63, 3.8) is 0 Å². The number of nitrogen functional groups attached to an aromatic ring is 1. The number of anilines is 1. The fraction of sp³-hybridized carbons (Fsp3) is 0.500. The summed E-state index contributed by atoms with van der Waals surface area (Å²) in [5, 5.41) is 0. The summed E-state index contributed by atoms with van der Waals surface area (Å²) in [5.74, 6) is 5.39. The van der Waals surface area contributed by atoms with Crippen molar-refractivity contribution < 1.29 is 13.2 Å². The molecule has 19 heavy (non-hydrogen) atoms. The maximum Gasteiger partial charge on any atom is 0.246 e. The Kier molecular flexibility index (Phi) is 6.14. The molecular formula is C10H17BrN4O3S. The summed E-state index contributed by atoms with van der Waals surface area (Å²) in [6.07, 6.45) is 1.47. The number of nitrogens with one attached hydrogen (secondary N) is 1. The zero-order valence-corrected chi connectivity index (χ0v) is 13.2. The van der Waals surface area contributed by atoms with E-state index < -0.39 is 10.0 Å². The second-order valence-electron chi connectivity index (χ2n) is 3.67. The third-order valence-corrected chi connectivity index (χ3v) is 4.70. The minimum absolute atomic E-state index is 0.0170. The Morgan fingerprint density at radius 3 is 2.84 bits per heavy atom. The molecule has 0 aliphatic rings. The Morgan fingerprint density at radius 1 is 1.58 bits per heavy atom. The number of hydrogen-bond acceptors (Lipinski definition) is 6. The highest BCUT2D eigenvalue weighted by Crippen LogP contribution is 2.24. The van der Waals surface area contributed by atoms with Crippen molar-refractivity contribution in [3.05, 3.63) is 16.7 Å². The van der Waals surface area contributed by atoms with Crippen LogP contribution in [0.5, 0.6) is 0 Å². The quantitative estimate of drug-likeness (QED) is 0.427. The number of ether oxygens (including phenoxy) is 1. The Labute approximate surface area is 121 Å². The standard InChI is InChI=1S/C10H17BrN4O3S/c1-3-18-5-4-15(2)19(16,17)9-6-8(11)7-13-10(9)14-12/h6-7H,3-5,12H2,1-2H3,(H,13,14). The normalized spacial score (nSPS) is 11.8. The number of sulfonamides is 1. The Bertz CT molecular complexity index is 524. The van der Waals surface area contributed by atoms with Gasteiger partial charge in [-0.15, -0.1) is 0 Å². The van der Waals surface area contributed by atoms with Crippen LogP contribution in [-0.4, -0.2) is 44.5 Å². The molecule has 0 atom stereocenters. The van der Waals surface area contributed by atoms with E-state index in [1.807, 2.05) is 6.92 Å². The van der Waals surface area contributed by atoms with Gasteiger partial charge in [-0.2, -0.15) is 4.31 Å². The minimum Gasteiger partial charge on any atom is -0.380 e. The van der Waals surface area contributed by atoms with E-state index in [2.05, 4.69) is 26.3 Å². The first kappa shape index (κ1) is 16.3. The van der Waals surface area contributed by atoms with Gasteiger partial charge in [-0.1, -0.05) is 0 Å². The van der Waals surface area contributed by atoms with Gasteiger partial charge in [0.1, 0.15) is 4.90 Å². The number of rotatable bonds is 7. The van der Waals surface area contributed by atoms with Gasteiger partial charge in [0.25, 0.3) is 0 Å². The molecule has 0 aromatic carbocycles. The van der Waals surface area contributed by atoms with Gasteiger partial charge in [-0.25, -0.2) is 19.2 Å². The molecule has 0 bridgehead atoms. The Hall–Kier alpha value is -0.740. The molecule has 1 aromatic heterocycles. The summed E-state index contributed by atoms with van der Waals surface area (Å²) in [5.41, 5.74) is 2.28. The van der Waals surface area contributed by atoms with E-state index in [0.717, 1.165) is 0 Å². The molecule has 0 radical (unpaired) electrons. The lowest BCUT2D eigenvalue weighted by Crippen LogP contribution is -2.31. The first-order valence-electron chi connectivity index (χ1n) is 5.59. The summed E-state index contributed by atoms with van der Waals surface area (Å²) >= 11 is 3.19. The summed E-state index contributed by atoms with van der Waals surface area (Å²) < 4.78 is 31.6. The van der Waals surface area contributed by atoms with Gasteiger partial charge in [0.2, 0.25) is 10.0 Å². The first-order valence-corrected chi connectivity index (χ1v) is 7.83. The van der Waals surface area contributed by atoms with Crippen LogP contribution < -0.4 is 11.3 Å². The average Bonchev–Trinajstić information content (AvgIpc) is 2.38. The third kappa shape index (κ3) is 4.11. The molecule has 0 saturated carbocycles. The van der Waals surface area contributed by atoms with Crippen LogP contribution in [0.25, 0.3) is 0 Å². The summed E-state index contributed by atoms with van der Waals surface area (Å²) in [6, 6.07) is 1.45. The van der Waals surface area contributed by atoms with E-state index in [1.165, 1.54) is 23.6 Å². The number of pyridine rings is 1. The van der Waals surface area contributed by atoms with E-state index >= 15 is 0 Å². The fourth-order valence-corrected chi connectivity index (χ4v) is 3.12. The Balaban J connectivity index is 3.02. The summed E-state index contributed by atoms with van der Waals surface area (Å²) in [7, 11) is -2.18. The molecule has 0 amide bonds. The molecule has 0 spiro atoms. The molecule has 1 heterocycles. The average molecular weight is 353 g/mol. The van der Waals surface area contributed by atoms with Crippen LogP contribution in [0.2, 0.25) is 0 Å². The summed E-state index contributed by atoms with van der Waals surface area (Å²) in [6.45, 7) is 2.98. The SMILES string of the molecule is CCOCCN(C)S(=O)(=O)c1cc(Br)cnc1NN. The highest BCUT2D eigenvalue weighted by Gasteiger charge is 2.24. The van der Waals surface area contributed by atoms with E-state index in [-0.39, 0.29) is 17.3 Å². The van der Waals surface area contributed by atoms with Crippen molar-refractivity contribution in [2.75, 3.05) is 32.2 Å². The van der Waals surface area contributed by atoms with Crippen LogP contribution in [0.1, 0.15) is 6.92 Å². The first-order chi connectivity index (χ1) is 8.93. The van der Waals surface area contributed by atoms with Crippen molar-refractivity contribution in [2.45, 2.75) is 11.8 Å². The van der Waals surface area contributed by atoms with Crippen molar-refractivity contribution in [3.8, 4) is 0 Å². The number of nitrogens with zero attached hydrogens (tertiary/aromatic N) is 2. The van der Waals surface area contributed by atoms with Gasteiger partial charge >= 0.3 is 0 Å². The Morgan fingerprint density at radius 2 is 2.26 bits per heavy atom. The largest absolute Gasteiger partial charge is 0.380 e. The summed E-state index contributed by atoms with van der Waals surface area (Å²) in [4.78, 5) is 3.94. The topological polar surface area (TPSA) is 97.5 Å². The van der Waals surface area contributed by atoms with Crippen molar-refractivity contribution in [1.29, 1.82) is 0 Å². The predicted molar refractivity (Wildman–Crippen MR) is 76.1 cm³/mol. The number of likely N-dealkylation sites (N-methyl/N-ethyl adjacent to an activating group) is 1. The zero-order valence-electron chi connectivity index (χ0n) is 10.8. The molecule has 1 aromatic rings. The molecule has 0 unspecified atom stereocenters. The highest BCUT2D eigenvalue weighted by molar-refractivity contribution is 9.10. The number of hydrogen-bond donors (Lipinski definition) is 2. The predicted octanol–water partition coefficient (Wildman–Crippen LogP) is 0.787. The lowest BCUT2D eigenvalue weighted by Gasteiger charge is -2.18. The lowest BCUT2D eigenvalue weighted by molar-refractivity contribution is 0.138. The maximum absolute atomic E-state index is 12.4.